The molecule has 0 aliphatic carbocycles. The largest absolute Gasteiger partial charge is 0.378 e. The predicted molar refractivity (Wildman–Crippen MR) is 103 cm³/mol. The number of hydrogen-bond acceptors (Lipinski definition) is 3. The quantitative estimate of drug-likeness (QED) is 0.511. The number of ketones is 2. The summed E-state index contributed by atoms with van der Waals surface area (Å²) in [6.07, 6.45) is 1.38. The Morgan fingerprint density at radius 2 is 1.19 bits per heavy atom. The van der Waals surface area contributed by atoms with Crippen LogP contribution in [0.2, 0.25) is 0 Å². The van der Waals surface area contributed by atoms with Crippen molar-refractivity contribution in [2.45, 2.75) is 6.54 Å². The van der Waals surface area contributed by atoms with E-state index in [0.29, 0.717) is 17.7 Å². The van der Waals surface area contributed by atoms with Crippen LogP contribution in [0.4, 0.5) is 0 Å². The van der Waals surface area contributed by atoms with Crippen molar-refractivity contribution >= 4 is 11.6 Å². The van der Waals surface area contributed by atoms with Crippen LogP contribution in [0.5, 0.6) is 0 Å². The number of allylic oxidation sites excluding steroid dienone is 2. The van der Waals surface area contributed by atoms with Crippen LogP contribution in [0.3, 0.4) is 0 Å². The average molecular weight is 341 g/mol. The topological polar surface area (TPSA) is 46.2 Å². The van der Waals surface area contributed by atoms with Crippen molar-refractivity contribution in [3.63, 3.8) is 0 Å². The van der Waals surface area contributed by atoms with E-state index in [0.717, 1.165) is 5.56 Å². The Balaban J connectivity index is 1.86. The molecule has 0 saturated carbocycles. The van der Waals surface area contributed by atoms with Crippen LogP contribution in [0.15, 0.2) is 103 Å². The first-order valence-electron chi connectivity index (χ1n) is 8.42. The molecule has 0 aliphatic rings. The molecular formula is C23H19NO2. The molecule has 3 nitrogen and oxygen atoms in total. The van der Waals surface area contributed by atoms with Crippen LogP contribution >= 0.6 is 0 Å². The molecule has 0 unspecified atom stereocenters. The Morgan fingerprint density at radius 1 is 0.692 bits per heavy atom. The van der Waals surface area contributed by atoms with Gasteiger partial charge in [0.05, 0.1) is 5.70 Å². The third-order valence-corrected chi connectivity index (χ3v) is 3.94. The van der Waals surface area contributed by atoms with E-state index in [4.69, 9.17) is 0 Å². The van der Waals surface area contributed by atoms with Crippen LogP contribution in [0.25, 0.3) is 0 Å². The first-order chi connectivity index (χ1) is 12.7. The summed E-state index contributed by atoms with van der Waals surface area (Å²) in [5.41, 5.74) is 2.41. The predicted octanol–water partition coefficient (Wildman–Crippen LogP) is 4.43. The van der Waals surface area contributed by atoms with E-state index in [9.17, 15) is 9.59 Å². The highest BCUT2D eigenvalue weighted by Crippen LogP contribution is 2.10. The third kappa shape index (κ3) is 4.54. The highest BCUT2D eigenvalue weighted by molar-refractivity contribution is 6.14. The molecule has 0 saturated heterocycles. The zero-order chi connectivity index (χ0) is 18.2. The second kappa shape index (κ2) is 8.58. The molecule has 3 aromatic rings. The zero-order valence-corrected chi connectivity index (χ0v) is 14.3. The van der Waals surface area contributed by atoms with E-state index in [2.05, 4.69) is 5.32 Å². The fourth-order valence-electron chi connectivity index (χ4n) is 2.55. The number of rotatable bonds is 7. The van der Waals surface area contributed by atoms with Crippen LogP contribution in [-0.4, -0.2) is 11.6 Å². The second-order valence-corrected chi connectivity index (χ2v) is 5.82. The molecule has 3 heteroatoms. The summed E-state index contributed by atoms with van der Waals surface area (Å²) in [6, 6.07) is 27.6. The molecule has 0 bridgehead atoms. The van der Waals surface area contributed by atoms with Gasteiger partial charge in [-0.05, 0) is 5.56 Å². The number of hydrogen-bond donors (Lipinski definition) is 1. The van der Waals surface area contributed by atoms with E-state index in [-0.39, 0.29) is 17.3 Å². The summed E-state index contributed by atoms with van der Waals surface area (Å²) in [4.78, 5) is 25.4. The first-order valence-corrected chi connectivity index (χ1v) is 8.42. The normalized spacial score (nSPS) is 11.0. The summed E-state index contributed by atoms with van der Waals surface area (Å²) in [6.45, 7) is 0.466. The van der Waals surface area contributed by atoms with Crippen LogP contribution in [0.1, 0.15) is 26.3 Å². The molecule has 0 radical (unpaired) electrons. The lowest BCUT2D eigenvalue weighted by atomic mass is 10.0. The number of benzene rings is 3. The minimum absolute atomic E-state index is 0.203. The molecule has 0 aromatic heterocycles. The summed E-state index contributed by atoms with van der Waals surface area (Å²) < 4.78 is 0. The Kier molecular flexibility index (Phi) is 5.73. The van der Waals surface area contributed by atoms with Gasteiger partial charge < -0.3 is 5.32 Å². The molecule has 0 heterocycles. The Hall–Kier alpha value is -3.46. The summed E-state index contributed by atoms with van der Waals surface area (Å²) in [7, 11) is 0. The fourth-order valence-corrected chi connectivity index (χ4v) is 2.55. The lowest BCUT2D eigenvalue weighted by molar-refractivity contribution is 0.100. The van der Waals surface area contributed by atoms with Gasteiger partial charge in [-0.1, -0.05) is 91.0 Å². The van der Waals surface area contributed by atoms with Crippen molar-refractivity contribution in [3.05, 3.63) is 119 Å². The minimum atomic E-state index is -0.203. The van der Waals surface area contributed by atoms with E-state index in [1.165, 1.54) is 6.08 Å². The second-order valence-electron chi connectivity index (χ2n) is 5.82. The standard InChI is InChI=1S/C23H19NO2/c25-22(19-12-6-2-7-13-19)16-21(23(26)20-14-8-3-9-15-20)24-17-18-10-4-1-5-11-18/h1-16,24H,17H2/b21-16-. The molecule has 3 aromatic carbocycles. The lowest BCUT2D eigenvalue weighted by Crippen LogP contribution is -2.21. The molecule has 0 atom stereocenters. The highest BCUT2D eigenvalue weighted by atomic mass is 16.1. The van der Waals surface area contributed by atoms with Gasteiger partial charge in [0, 0.05) is 23.7 Å². The lowest BCUT2D eigenvalue weighted by Gasteiger charge is -2.11. The average Bonchev–Trinajstić information content (AvgIpc) is 2.72. The van der Waals surface area contributed by atoms with E-state index in [1.807, 2.05) is 42.5 Å². The van der Waals surface area contributed by atoms with Crippen molar-refractivity contribution in [1.29, 1.82) is 0 Å². The highest BCUT2D eigenvalue weighted by Gasteiger charge is 2.14. The van der Waals surface area contributed by atoms with E-state index >= 15 is 0 Å². The zero-order valence-electron chi connectivity index (χ0n) is 14.3. The Morgan fingerprint density at radius 3 is 1.77 bits per heavy atom. The van der Waals surface area contributed by atoms with Gasteiger partial charge in [-0.15, -0.1) is 0 Å². The molecule has 26 heavy (non-hydrogen) atoms. The minimum Gasteiger partial charge on any atom is -0.378 e. The smallest absolute Gasteiger partial charge is 0.208 e. The molecular weight excluding hydrogens is 322 g/mol. The third-order valence-electron chi connectivity index (χ3n) is 3.94. The van der Waals surface area contributed by atoms with Crippen LogP contribution in [-0.2, 0) is 6.54 Å². The molecule has 0 amide bonds. The SMILES string of the molecule is O=C(/C=C(\NCc1ccccc1)C(=O)c1ccccc1)c1ccccc1. The van der Waals surface area contributed by atoms with Crippen molar-refractivity contribution in [1.82, 2.24) is 5.32 Å². The number of Topliss-reactive ketones (excluding diaryl/α,β-unsaturated/α-hetero) is 1. The number of nitrogens with one attached hydrogen (secondary N) is 1. The summed E-state index contributed by atoms with van der Waals surface area (Å²) in [5.74, 6) is -0.406. The maximum absolute atomic E-state index is 12.8. The van der Waals surface area contributed by atoms with Crippen molar-refractivity contribution in [2.75, 3.05) is 0 Å². The van der Waals surface area contributed by atoms with E-state index in [1.54, 1.807) is 48.5 Å². The van der Waals surface area contributed by atoms with Gasteiger partial charge >= 0.3 is 0 Å². The van der Waals surface area contributed by atoms with E-state index < -0.39 is 0 Å². The van der Waals surface area contributed by atoms with Crippen molar-refractivity contribution in [2.24, 2.45) is 0 Å². The maximum atomic E-state index is 12.8. The molecule has 0 spiro atoms. The summed E-state index contributed by atoms with van der Waals surface area (Å²) in [5, 5.41) is 3.13. The molecule has 0 aliphatic heterocycles. The van der Waals surface area contributed by atoms with Gasteiger partial charge in [0.15, 0.2) is 5.78 Å². The van der Waals surface area contributed by atoms with Gasteiger partial charge in [-0.2, -0.15) is 0 Å². The number of carbonyl (C=O) groups excluding carboxylic acids is 2. The molecule has 1 N–H and O–H groups in total. The van der Waals surface area contributed by atoms with Gasteiger partial charge in [0.25, 0.3) is 0 Å². The fraction of sp³-hybridized carbons (Fsp3) is 0.0435. The first kappa shape index (κ1) is 17.4. The molecule has 128 valence electrons. The Labute approximate surface area is 153 Å². The summed E-state index contributed by atoms with van der Waals surface area (Å²) >= 11 is 0. The molecule has 3 rings (SSSR count). The van der Waals surface area contributed by atoms with Crippen molar-refractivity contribution < 1.29 is 9.59 Å². The monoisotopic (exact) mass is 341 g/mol. The maximum Gasteiger partial charge on any atom is 0.208 e. The number of carbonyl (C=O) groups is 2. The van der Waals surface area contributed by atoms with Gasteiger partial charge in [-0.3, -0.25) is 9.59 Å². The van der Waals surface area contributed by atoms with Crippen molar-refractivity contribution in [3.8, 4) is 0 Å². The molecule has 0 fully saturated rings. The van der Waals surface area contributed by atoms with Crippen LogP contribution in [0, 0.1) is 0 Å². The van der Waals surface area contributed by atoms with Crippen LogP contribution < -0.4 is 5.32 Å². The van der Waals surface area contributed by atoms with Gasteiger partial charge in [0.1, 0.15) is 0 Å². The Bertz CT molecular complexity index is 901. The van der Waals surface area contributed by atoms with Gasteiger partial charge in [-0.25, -0.2) is 0 Å². The van der Waals surface area contributed by atoms with Gasteiger partial charge in [0.2, 0.25) is 5.78 Å².